The number of nitrogens with two attached hydrogens (primary N) is 1. The number of amides is 2. The van der Waals surface area contributed by atoms with E-state index in [0.717, 1.165) is 6.07 Å². The van der Waals surface area contributed by atoms with Crippen molar-refractivity contribution in [2.24, 2.45) is 5.73 Å². The maximum Gasteiger partial charge on any atom is 0.257 e. The van der Waals surface area contributed by atoms with E-state index in [1.807, 2.05) is 0 Å². The summed E-state index contributed by atoms with van der Waals surface area (Å²) >= 11 is 0. The molecule has 0 aromatic heterocycles. The Bertz CT molecular complexity index is 745. The summed E-state index contributed by atoms with van der Waals surface area (Å²) in [6, 6.07) is 10.6. The molecule has 0 radical (unpaired) electrons. The van der Waals surface area contributed by atoms with Crippen LogP contribution in [0, 0.1) is 5.82 Å². The van der Waals surface area contributed by atoms with Gasteiger partial charge in [0.1, 0.15) is 5.82 Å². The molecule has 0 saturated carbocycles. The third kappa shape index (κ3) is 2.15. The summed E-state index contributed by atoms with van der Waals surface area (Å²) in [4.78, 5) is 25.8. The van der Waals surface area contributed by atoms with Crippen molar-refractivity contribution in [2.45, 2.75) is 0 Å². The quantitative estimate of drug-likeness (QED) is 0.841. The standard InChI is InChI=1S/C15H12FN3O2/c16-9-5-6-12-10(7-9)15(21)18-11-3-1-2-4-13(11)19(12)14(20)8-17/h1-7H,8,17H2,(H,18,21). The van der Waals surface area contributed by atoms with E-state index < -0.39 is 11.7 Å². The molecule has 0 saturated heterocycles. The van der Waals surface area contributed by atoms with Gasteiger partial charge in [0, 0.05) is 0 Å². The van der Waals surface area contributed by atoms with Gasteiger partial charge in [0.05, 0.1) is 29.2 Å². The average Bonchev–Trinajstić information content (AvgIpc) is 2.61. The van der Waals surface area contributed by atoms with Crippen LogP contribution in [0.2, 0.25) is 0 Å². The van der Waals surface area contributed by atoms with Crippen LogP contribution in [0.3, 0.4) is 0 Å². The number of carbonyl (C=O) groups excluding carboxylic acids is 2. The van der Waals surface area contributed by atoms with Gasteiger partial charge in [-0.25, -0.2) is 4.39 Å². The number of benzene rings is 2. The highest BCUT2D eigenvalue weighted by atomic mass is 19.1. The van der Waals surface area contributed by atoms with Crippen molar-refractivity contribution in [3.63, 3.8) is 0 Å². The first kappa shape index (κ1) is 13.3. The van der Waals surface area contributed by atoms with E-state index in [1.165, 1.54) is 17.0 Å². The normalized spacial score (nSPS) is 13.0. The molecule has 0 spiro atoms. The highest BCUT2D eigenvalue weighted by Gasteiger charge is 2.28. The Morgan fingerprint density at radius 3 is 2.71 bits per heavy atom. The van der Waals surface area contributed by atoms with Gasteiger partial charge in [0.15, 0.2) is 0 Å². The molecule has 3 N–H and O–H groups in total. The number of hydrogen-bond donors (Lipinski definition) is 2. The van der Waals surface area contributed by atoms with Crippen LogP contribution in [0.5, 0.6) is 0 Å². The Labute approximate surface area is 120 Å². The first-order valence-corrected chi connectivity index (χ1v) is 6.35. The van der Waals surface area contributed by atoms with Gasteiger partial charge in [-0.2, -0.15) is 0 Å². The smallest absolute Gasteiger partial charge is 0.257 e. The Morgan fingerprint density at radius 1 is 1.19 bits per heavy atom. The van der Waals surface area contributed by atoms with Crippen LogP contribution in [0.4, 0.5) is 21.5 Å². The summed E-state index contributed by atoms with van der Waals surface area (Å²) in [5.74, 6) is -1.40. The van der Waals surface area contributed by atoms with Gasteiger partial charge in [0.25, 0.3) is 5.91 Å². The van der Waals surface area contributed by atoms with E-state index >= 15 is 0 Å². The molecule has 2 amide bonds. The van der Waals surface area contributed by atoms with Gasteiger partial charge in [-0.1, -0.05) is 12.1 Å². The number of anilines is 3. The van der Waals surface area contributed by atoms with Gasteiger partial charge in [-0.15, -0.1) is 0 Å². The van der Waals surface area contributed by atoms with Crippen molar-refractivity contribution in [3.8, 4) is 0 Å². The molecule has 6 heteroatoms. The van der Waals surface area contributed by atoms with E-state index in [2.05, 4.69) is 5.32 Å². The molecule has 1 heterocycles. The molecule has 2 aromatic carbocycles. The third-order valence-corrected chi connectivity index (χ3v) is 3.26. The summed E-state index contributed by atoms with van der Waals surface area (Å²) in [6.45, 7) is -0.223. The summed E-state index contributed by atoms with van der Waals surface area (Å²) in [6.07, 6.45) is 0. The second kappa shape index (κ2) is 4.99. The first-order chi connectivity index (χ1) is 10.1. The van der Waals surface area contributed by atoms with E-state index in [0.29, 0.717) is 17.1 Å². The second-order valence-corrected chi connectivity index (χ2v) is 4.57. The topological polar surface area (TPSA) is 75.4 Å². The maximum atomic E-state index is 13.4. The van der Waals surface area contributed by atoms with E-state index in [-0.39, 0.29) is 18.0 Å². The van der Waals surface area contributed by atoms with Crippen LogP contribution < -0.4 is 16.0 Å². The van der Waals surface area contributed by atoms with Gasteiger partial charge in [-0.3, -0.25) is 14.5 Å². The fraction of sp³-hybridized carbons (Fsp3) is 0.0667. The van der Waals surface area contributed by atoms with Crippen LogP contribution in [0.15, 0.2) is 42.5 Å². The molecule has 21 heavy (non-hydrogen) atoms. The second-order valence-electron chi connectivity index (χ2n) is 4.57. The van der Waals surface area contributed by atoms with Crippen LogP contribution in [0.25, 0.3) is 0 Å². The lowest BCUT2D eigenvalue weighted by atomic mass is 10.1. The number of para-hydroxylation sites is 2. The highest BCUT2D eigenvalue weighted by molar-refractivity contribution is 6.17. The number of nitrogens with one attached hydrogen (secondary N) is 1. The minimum Gasteiger partial charge on any atom is -0.322 e. The summed E-state index contributed by atoms with van der Waals surface area (Å²) in [5.41, 5.74) is 6.85. The number of rotatable bonds is 1. The maximum absolute atomic E-state index is 13.4. The molecule has 0 aliphatic carbocycles. The zero-order valence-electron chi connectivity index (χ0n) is 11.0. The molecule has 0 bridgehead atoms. The van der Waals surface area contributed by atoms with Crippen molar-refractivity contribution in [3.05, 3.63) is 53.8 Å². The number of carbonyl (C=O) groups is 2. The lowest BCUT2D eigenvalue weighted by Gasteiger charge is -2.23. The average molecular weight is 285 g/mol. The molecular weight excluding hydrogens is 273 g/mol. The number of halogens is 1. The Morgan fingerprint density at radius 2 is 1.95 bits per heavy atom. The van der Waals surface area contributed by atoms with Gasteiger partial charge in [0.2, 0.25) is 5.91 Å². The minimum absolute atomic E-state index is 0.0907. The molecule has 1 aliphatic heterocycles. The molecule has 1 aliphatic rings. The SMILES string of the molecule is NCC(=O)N1c2ccccc2NC(=O)c2cc(F)ccc21. The largest absolute Gasteiger partial charge is 0.322 e. The Balaban J connectivity index is 2.30. The predicted octanol–water partition coefficient (Wildman–Crippen LogP) is 2.01. The van der Waals surface area contributed by atoms with Crippen molar-refractivity contribution >= 4 is 28.9 Å². The molecule has 0 fully saturated rings. The van der Waals surface area contributed by atoms with E-state index in [4.69, 9.17) is 5.73 Å². The Hall–Kier alpha value is -2.73. The molecule has 3 rings (SSSR count). The first-order valence-electron chi connectivity index (χ1n) is 6.35. The minimum atomic E-state index is -0.546. The fourth-order valence-corrected chi connectivity index (χ4v) is 2.34. The molecule has 5 nitrogen and oxygen atoms in total. The zero-order chi connectivity index (χ0) is 15.0. The predicted molar refractivity (Wildman–Crippen MR) is 77.0 cm³/mol. The monoisotopic (exact) mass is 285 g/mol. The van der Waals surface area contributed by atoms with Crippen LogP contribution in [-0.4, -0.2) is 18.4 Å². The summed E-state index contributed by atoms with van der Waals surface area (Å²) in [5, 5.41) is 2.67. The molecule has 0 unspecified atom stereocenters. The molecular formula is C15H12FN3O2. The highest BCUT2D eigenvalue weighted by Crippen LogP contribution is 2.37. The van der Waals surface area contributed by atoms with E-state index in [1.54, 1.807) is 24.3 Å². The van der Waals surface area contributed by atoms with Crippen LogP contribution in [0.1, 0.15) is 10.4 Å². The lowest BCUT2D eigenvalue weighted by molar-refractivity contribution is -0.116. The fourth-order valence-electron chi connectivity index (χ4n) is 2.34. The lowest BCUT2D eigenvalue weighted by Crippen LogP contribution is -2.32. The Kier molecular flexibility index (Phi) is 3.15. The van der Waals surface area contributed by atoms with Crippen molar-refractivity contribution in [2.75, 3.05) is 16.8 Å². The molecule has 2 aromatic rings. The number of hydrogen-bond acceptors (Lipinski definition) is 3. The van der Waals surface area contributed by atoms with Gasteiger partial charge in [-0.05, 0) is 30.3 Å². The number of fused-ring (bicyclic) bond motifs is 2. The van der Waals surface area contributed by atoms with Gasteiger partial charge < -0.3 is 11.1 Å². The molecule has 106 valence electrons. The number of nitrogens with zero attached hydrogens (tertiary/aromatic N) is 1. The zero-order valence-corrected chi connectivity index (χ0v) is 11.0. The van der Waals surface area contributed by atoms with Crippen LogP contribution >= 0.6 is 0 Å². The van der Waals surface area contributed by atoms with E-state index in [9.17, 15) is 14.0 Å². The van der Waals surface area contributed by atoms with Crippen molar-refractivity contribution in [1.82, 2.24) is 0 Å². The van der Waals surface area contributed by atoms with Crippen LogP contribution in [-0.2, 0) is 4.79 Å². The van der Waals surface area contributed by atoms with Gasteiger partial charge >= 0.3 is 0 Å². The van der Waals surface area contributed by atoms with Crippen molar-refractivity contribution in [1.29, 1.82) is 0 Å². The summed E-state index contributed by atoms with van der Waals surface area (Å²) < 4.78 is 13.4. The van der Waals surface area contributed by atoms with Crippen molar-refractivity contribution < 1.29 is 14.0 Å². The molecule has 0 atom stereocenters. The summed E-state index contributed by atoms with van der Waals surface area (Å²) in [7, 11) is 0. The third-order valence-electron chi connectivity index (χ3n) is 3.26.